The smallest absolute Gasteiger partial charge is 0.310 e. The zero-order chi connectivity index (χ0) is 15.4. The molecule has 1 N–H and O–H groups in total. The van der Waals surface area contributed by atoms with Crippen molar-refractivity contribution >= 4 is 5.97 Å². The average Bonchev–Trinajstić information content (AvgIpc) is 2.89. The van der Waals surface area contributed by atoms with Crippen LogP contribution < -0.4 is 0 Å². The van der Waals surface area contributed by atoms with Gasteiger partial charge in [-0.25, -0.2) is 0 Å². The van der Waals surface area contributed by atoms with Gasteiger partial charge in [0.25, 0.3) is 0 Å². The minimum Gasteiger partial charge on any atom is -0.481 e. The first-order valence-electron chi connectivity index (χ1n) is 7.14. The van der Waals surface area contributed by atoms with Gasteiger partial charge in [0.1, 0.15) is 0 Å². The summed E-state index contributed by atoms with van der Waals surface area (Å²) < 4.78 is 10.9. The molecule has 0 radical (unpaired) electrons. The minimum absolute atomic E-state index is 0.112. The highest BCUT2D eigenvalue weighted by Gasteiger charge is 2.32. The van der Waals surface area contributed by atoms with Crippen molar-refractivity contribution in [1.29, 1.82) is 0 Å². The molecular formula is C16H23NO4. The van der Waals surface area contributed by atoms with Crippen molar-refractivity contribution in [1.82, 2.24) is 4.90 Å². The SMILES string of the molecule is COC1CN(Cc2ccc(C(C)C(=O)O)cc2)CC1OC. The first-order valence-corrected chi connectivity index (χ1v) is 7.14. The minimum atomic E-state index is -0.798. The molecule has 1 fully saturated rings. The van der Waals surface area contributed by atoms with E-state index in [2.05, 4.69) is 4.90 Å². The first-order chi connectivity index (χ1) is 10.0. The summed E-state index contributed by atoms with van der Waals surface area (Å²) in [4.78, 5) is 13.3. The van der Waals surface area contributed by atoms with Gasteiger partial charge in [-0.05, 0) is 18.1 Å². The van der Waals surface area contributed by atoms with Gasteiger partial charge in [0.15, 0.2) is 0 Å². The third kappa shape index (κ3) is 3.81. The number of hydrogen-bond donors (Lipinski definition) is 1. The van der Waals surface area contributed by atoms with Crippen LogP contribution in [0.4, 0.5) is 0 Å². The number of nitrogens with zero attached hydrogens (tertiary/aromatic N) is 1. The second-order valence-electron chi connectivity index (χ2n) is 5.54. The van der Waals surface area contributed by atoms with Crippen LogP contribution in [0.3, 0.4) is 0 Å². The van der Waals surface area contributed by atoms with Crippen LogP contribution in [0, 0.1) is 0 Å². The van der Waals surface area contributed by atoms with Gasteiger partial charge >= 0.3 is 5.97 Å². The summed E-state index contributed by atoms with van der Waals surface area (Å²) >= 11 is 0. The molecule has 2 rings (SSSR count). The maximum Gasteiger partial charge on any atom is 0.310 e. The fourth-order valence-corrected chi connectivity index (χ4v) is 2.71. The van der Waals surface area contributed by atoms with E-state index in [1.165, 1.54) is 5.56 Å². The van der Waals surface area contributed by atoms with Gasteiger partial charge < -0.3 is 14.6 Å². The van der Waals surface area contributed by atoms with Crippen molar-refractivity contribution in [2.45, 2.75) is 31.6 Å². The molecule has 5 heteroatoms. The molecule has 0 bridgehead atoms. The summed E-state index contributed by atoms with van der Waals surface area (Å²) in [6, 6.07) is 7.78. The Morgan fingerprint density at radius 2 is 1.76 bits per heavy atom. The third-order valence-electron chi connectivity index (χ3n) is 4.15. The number of carbonyl (C=O) groups is 1. The highest BCUT2D eigenvalue weighted by Crippen LogP contribution is 2.20. The van der Waals surface area contributed by atoms with Crippen LogP contribution in [0.1, 0.15) is 24.0 Å². The van der Waals surface area contributed by atoms with Crippen LogP contribution >= 0.6 is 0 Å². The molecule has 5 nitrogen and oxygen atoms in total. The Morgan fingerprint density at radius 1 is 1.24 bits per heavy atom. The number of ether oxygens (including phenoxy) is 2. The maximum absolute atomic E-state index is 11.0. The van der Waals surface area contributed by atoms with E-state index < -0.39 is 11.9 Å². The van der Waals surface area contributed by atoms with Gasteiger partial charge in [0.2, 0.25) is 0 Å². The Hall–Kier alpha value is -1.43. The zero-order valence-electron chi connectivity index (χ0n) is 12.8. The molecule has 1 aromatic rings. The molecular weight excluding hydrogens is 270 g/mol. The van der Waals surface area contributed by atoms with Gasteiger partial charge in [-0.15, -0.1) is 0 Å². The predicted molar refractivity (Wildman–Crippen MR) is 79.4 cm³/mol. The van der Waals surface area contributed by atoms with Gasteiger partial charge in [-0.2, -0.15) is 0 Å². The molecule has 21 heavy (non-hydrogen) atoms. The number of likely N-dealkylation sites (tertiary alicyclic amines) is 1. The summed E-state index contributed by atoms with van der Waals surface area (Å²) in [6.07, 6.45) is 0.225. The normalized spacial score (nSPS) is 24.1. The number of carboxylic acids is 1. The lowest BCUT2D eigenvalue weighted by atomic mass is 10.00. The van der Waals surface area contributed by atoms with Crippen LogP contribution in [-0.4, -0.2) is 55.5 Å². The van der Waals surface area contributed by atoms with Gasteiger partial charge in [-0.1, -0.05) is 24.3 Å². The molecule has 0 saturated carbocycles. The molecule has 0 spiro atoms. The largest absolute Gasteiger partial charge is 0.481 e. The van der Waals surface area contributed by atoms with E-state index in [1.54, 1.807) is 21.1 Å². The molecule has 116 valence electrons. The Kier molecular flexibility index (Phi) is 5.33. The molecule has 3 unspecified atom stereocenters. The third-order valence-corrected chi connectivity index (χ3v) is 4.15. The van der Waals surface area contributed by atoms with Crippen molar-refractivity contribution in [3.63, 3.8) is 0 Å². The standard InChI is InChI=1S/C16H23NO4/c1-11(16(18)19)13-6-4-12(5-7-13)8-17-9-14(20-2)15(10-17)21-3/h4-7,11,14-15H,8-10H2,1-3H3,(H,18,19). The average molecular weight is 293 g/mol. The summed E-state index contributed by atoms with van der Waals surface area (Å²) in [5.74, 6) is -1.27. The van der Waals surface area contributed by atoms with E-state index in [-0.39, 0.29) is 12.2 Å². The van der Waals surface area contributed by atoms with Crippen LogP contribution in [-0.2, 0) is 20.8 Å². The number of benzene rings is 1. The van der Waals surface area contributed by atoms with Crippen LogP contribution in [0.15, 0.2) is 24.3 Å². The van der Waals surface area contributed by atoms with Crippen LogP contribution in [0.25, 0.3) is 0 Å². The van der Waals surface area contributed by atoms with E-state index in [1.807, 2.05) is 24.3 Å². The Morgan fingerprint density at radius 3 is 2.19 bits per heavy atom. The number of rotatable bonds is 6. The Balaban J connectivity index is 1.96. The highest BCUT2D eigenvalue weighted by atomic mass is 16.5. The molecule has 0 aliphatic carbocycles. The fourth-order valence-electron chi connectivity index (χ4n) is 2.71. The monoisotopic (exact) mass is 293 g/mol. The lowest BCUT2D eigenvalue weighted by Crippen LogP contribution is -2.27. The Bertz CT molecular complexity index is 462. The summed E-state index contributed by atoms with van der Waals surface area (Å²) in [5.41, 5.74) is 2.00. The quantitative estimate of drug-likeness (QED) is 0.865. The molecule has 3 atom stereocenters. The summed E-state index contributed by atoms with van der Waals surface area (Å²) in [6.45, 7) is 4.22. The molecule has 1 aliphatic heterocycles. The first kappa shape index (κ1) is 15.9. The van der Waals surface area contributed by atoms with Gasteiger partial charge in [0.05, 0.1) is 18.1 Å². The van der Waals surface area contributed by atoms with Gasteiger partial charge in [-0.3, -0.25) is 9.69 Å². The number of hydrogen-bond acceptors (Lipinski definition) is 4. The molecule has 0 aromatic heterocycles. The fraction of sp³-hybridized carbons (Fsp3) is 0.562. The van der Waals surface area contributed by atoms with Crippen LogP contribution in [0.5, 0.6) is 0 Å². The van der Waals surface area contributed by atoms with Crippen molar-refractivity contribution in [2.24, 2.45) is 0 Å². The molecule has 1 heterocycles. The van der Waals surface area contributed by atoms with E-state index >= 15 is 0 Å². The van der Waals surface area contributed by atoms with Crippen molar-refractivity contribution < 1.29 is 19.4 Å². The highest BCUT2D eigenvalue weighted by molar-refractivity contribution is 5.75. The van der Waals surface area contributed by atoms with E-state index in [9.17, 15) is 4.79 Å². The summed E-state index contributed by atoms with van der Waals surface area (Å²) in [5, 5.41) is 9.01. The number of carboxylic acid groups (broad SMARTS) is 1. The molecule has 1 aliphatic rings. The lowest BCUT2D eigenvalue weighted by molar-refractivity contribution is -0.138. The lowest BCUT2D eigenvalue weighted by Gasteiger charge is -2.16. The Labute approximate surface area is 125 Å². The number of methoxy groups -OCH3 is 2. The van der Waals surface area contributed by atoms with E-state index in [4.69, 9.17) is 14.6 Å². The second-order valence-corrected chi connectivity index (χ2v) is 5.54. The zero-order valence-corrected chi connectivity index (χ0v) is 12.8. The van der Waals surface area contributed by atoms with E-state index in [0.717, 1.165) is 25.2 Å². The number of aliphatic carboxylic acids is 1. The van der Waals surface area contributed by atoms with E-state index in [0.29, 0.717) is 0 Å². The van der Waals surface area contributed by atoms with Crippen molar-refractivity contribution in [2.75, 3.05) is 27.3 Å². The molecule has 1 aromatic carbocycles. The van der Waals surface area contributed by atoms with Gasteiger partial charge in [0, 0.05) is 33.9 Å². The predicted octanol–water partition coefficient (Wildman–Crippen LogP) is 1.72. The van der Waals surface area contributed by atoms with Crippen molar-refractivity contribution in [3.05, 3.63) is 35.4 Å². The molecule has 0 amide bonds. The van der Waals surface area contributed by atoms with Crippen molar-refractivity contribution in [3.8, 4) is 0 Å². The maximum atomic E-state index is 11.0. The second kappa shape index (κ2) is 7.02. The molecule has 1 saturated heterocycles. The topological polar surface area (TPSA) is 59.0 Å². The van der Waals surface area contributed by atoms with Crippen LogP contribution in [0.2, 0.25) is 0 Å². The summed E-state index contributed by atoms with van der Waals surface area (Å²) in [7, 11) is 3.42.